The monoisotopic (exact) mass is 399 g/mol. The molecule has 0 atom stereocenters. The van der Waals surface area contributed by atoms with Crippen LogP contribution in [-0.2, 0) is 17.9 Å². The van der Waals surface area contributed by atoms with E-state index in [0.29, 0.717) is 12.4 Å². The Kier molecular flexibility index (Phi) is 5.23. The molecule has 0 bridgehead atoms. The van der Waals surface area contributed by atoms with E-state index in [9.17, 15) is 4.79 Å². The third-order valence-electron chi connectivity index (χ3n) is 3.80. The van der Waals surface area contributed by atoms with Gasteiger partial charge in [0.2, 0.25) is 11.7 Å². The Hall–Kier alpha value is -2.54. The molecule has 7 heteroatoms. The predicted molar refractivity (Wildman–Crippen MR) is 98.6 cm³/mol. The van der Waals surface area contributed by atoms with Gasteiger partial charge in [-0.1, -0.05) is 57.9 Å². The maximum absolute atomic E-state index is 12.4. The number of tetrazole rings is 1. The molecule has 128 valence electrons. The highest BCUT2D eigenvalue weighted by molar-refractivity contribution is 9.10. The Morgan fingerprint density at radius 3 is 2.48 bits per heavy atom. The first-order valence-corrected chi connectivity index (χ1v) is 8.64. The molecule has 1 heterocycles. The molecule has 25 heavy (non-hydrogen) atoms. The highest BCUT2D eigenvalue weighted by Crippen LogP contribution is 2.14. The van der Waals surface area contributed by atoms with E-state index in [-0.39, 0.29) is 12.5 Å². The van der Waals surface area contributed by atoms with Crippen molar-refractivity contribution >= 4 is 21.8 Å². The van der Waals surface area contributed by atoms with Gasteiger partial charge < -0.3 is 4.90 Å². The molecule has 0 saturated heterocycles. The Morgan fingerprint density at radius 2 is 1.80 bits per heavy atom. The molecule has 0 unspecified atom stereocenters. The second-order valence-electron chi connectivity index (χ2n) is 5.89. The lowest BCUT2D eigenvalue weighted by Gasteiger charge is -2.16. The Labute approximate surface area is 154 Å². The smallest absolute Gasteiger partial charge is 0.246 e. The van der Waals surface area contributed by atoms with E-state index < -0.39 is 0 Å². The number of hydrogen-bond acceptors (Lipinski definition) is 4. The van der Waals surface area contributed by atoms with Gasteiger partial charge >= 0.3 is 0 Å². The van der Waals surface area contributed by atoms with Crippen LogP contribution in [0.2, 0.25) is 0 Å². The number of nitrogens with zero attached hydrogens (tertiary/aromatic N) is 5. The number of carbonyl (C=O) groups excluding carboxylic acids is 1. The fraction of sp³-hybridized carbons (Fsp3) is 0.222. The standard InChI is InChI=1S/C18H18BrN5O/c1-13-3-7-15(8-4-13)18-20-22-24(21-18)12-17(25)23(2)11-14-5-9-16(19)10-6-14/h3-10H,11-12H2,1-2H3. The maximum atomic E-state index is 12.4. The lowest BCUT2D eigenvalue weighted by atomic mass is 10.1. The van der Waals surface area contributed by atoms with Crippen LogP contribution in [0.5, 0.6) is 0 Å². The van der Waals surface area contributed by atoms with E-state index in [4.69, 9.17) is 0 Å². The minimum atomic E-state index is -0.0734. The van der Waals surface area contributed by atoms with Gasteiger partial charge in [-0.25, -0.2) is 0 Å². The summed E-state index contributed by atoms with van der Waals surface area (Å²) in [6.45, 7) is 2.62. The molecule has 0 saturated carbocycles. The van der Waals surface area contributed by atoms with E-state index in [1.165, 1.54) is 10.4 Å². The van der Waals surface area contributed by atoms with Crippen LogP contribution in [-0.4, -0.2) is 38.1 Å². The zero-order chi connectivity index (χ0) is 17.8. The summed E-state index contributed by atoms with van der Waals surface area (Å²) in [7, 11) is 1.77. The summed E-state index contributed by atoms with van der Waals surface area (Å²) in [6, 6.07) is 15.8. The minimum absolute atomic E-state index is 0.0614. The topological polar surface area (TPSA) is 63.9 Å². The number of likely N-dealkylation sites (N-methyl/N-ethyl adjacent to an activating group) is 1. The Balaban J connectivity index is 1.62. The fourth-order valence-electron chi connectivity index (χ4n) is 2.32. The molecule has 1 aromatic heterocycles. The summed E-state index contributed by atoms with van der Waals surface area (Å²) >= 11 is 3.40. The zero-order valence-corrected chi connectivity index (χ0v) is 15.6. The molecule has 0 aliphatic carbocycles. The van der Waals surface area contributed by atoms with Crippen molar-refractivity contribution in [2.24, 2.45) is 0 Å². The van der Waals surface area contributed by atoms with Crippen LogP contribution in [0, 0.1) is 6.92 Å². The molecular weight excluding hydrogens is 382 g/mol. The van der Waals surface area contributed by atoms with Crippen molar-refractivity contribution < 1.29 is 4.79 Å². The molecule has 2 aromatic carbocycles. The van der Waals surface area contributed by atoms with Gasteiger partial charge in [-0.3, -0.25) is 4.79 Å². The molecule has 0 fully saturated rings. The number of halogens is 1. The van der Waals surface area contributed by atoms with Gasteiger partial charge in [0, 0.05) is 23.6 Å². The van der Waals surface area contributed by atoms with Gasteiger partial charge in [0.05, 0.1) is 0 Å². The van der Waals surface area contributed by atoms with Gasteiger partial charge in [0.1, 0.15) is 6.54 Å². The average Bonchev–Trinajstić information content (AvgIpc) is 3.06. The third kappa shape index (κ3) is 4.51. The molecule has 0 aliphatic rings. The summed E-state index contributed by atoms with van der Waals surface area (Å²) in [5.74, 6) is 0.444. The SMILES string of the molecule is Cc1ccc(-c2nnn(CC(=O)N(C)Cc3ccc(Br)cc3)n2)cc1. The number of aromatic nitrogens is 4. The van der Waals surface area contributed by atoms with Crippen LogP contribution in [0.25, 0.3) is 11.4 Å². The van der Waals surface area contributed by atoms with Crippen LogP contribution < -0.4 is 0 Å². The number of carbonyl (C=O) groups is 1. The van der Waals surface area contributed by atoms with E-state index in [1.54, 1.807) is 11.9 Å². The normalized spacial score (nSPS) is 10.7. The summed E-state index contributed by atoms with van der Waals surface area (Å²) in [6.07, 6.45) is 0. The first-order chi connectivity index (χ1) is 12.0. The van der Waals surface area contributed by atoms with Gasteiger partial charge in [0.25, 0.3) is 0 Å². The Bertz CT molecular complexity index is 858. The van der Waals surface area contributed by atoms with Crippen molar-refractivity contribution in [1.82, 2.24) is 25.1 Å². The van der Waals surface area contributed by atoms with Crippen molar-refractivity contribution in [3.8, 4) is 11.4 Å². The van der Waals surface area contributed by atoms with E-state index in [1.807, 2.05) is 55.5 Å². The molecule has 0 N–H and O–H groups in total. The van der Waals surface area contributed by atoms with E-state index in [0.717, 1.165) is 15.6 Å². The molecule has 0 spiro atoms. The Morgan fingerprint density at radius 1 is 1.12 bits per heavy atom. The first kappa shape index (κ1) is 17.3. The quantitative estimate of drug-likeness (QED) is 0.661. The second-order valence-corrected chi connectivity index (χ2v) is 6.80. The van der Waals surface area contributed by atoms with Crippen molar-refractivity contribution in [3.63, 3.8) is 0 Å². The van der Waals surface area contributed by atoms with Crippen LogP contribution in [0.3, 0.4) is 0 Å². The molecule has 6 nitrogen and oxygen atoms in total. The van der Waals surface area contributed by atoms with Crippen LogP contribution in [0.1, 0.15) is 11.1 Å². The van der Waals surface area contributed by atoms with Gasteiger partial charge in [-0.05, 0) is 29.8 Å². The molecular formula is C18H18BrN5O. The van der Waals surface area contributed by atoms with E-state index >= 15 is 0 Å². The highest BCUT2D eigenvalue weighted by atomic mass is 79.9. The molecule has 0 aliphatic heterocycles. The minimum Gasteiger partial charge on any atom is -0.340 e. The summed E-state index contributed by atoms with van der Waals surface area (Å²) in [5, 5.41) is 12.3. The lowest BCUT2D eigenvalue weighted by molar-refractivity contribution is -0.131. The maximum Gasteiger partial charge on any atom is 0.246 e. The van der Waals surface area contributed by atoms with Crippen LogP contribution in [0.4, 0.5) is 0 Å². The molecule has 3 aromatic rings. The van der Waals surface area contributed by atoms with Crippen LogP contribution in [0.15, 0.2) is 53.0 Å². The van der Waals surface area contributed by atoms with Crippen molar-refractivity contribution in [2.45, 2.75) is 20.0 Å². The average molecular weight is 400 g/mol. The number of aryl methyl sites for hydroxylation is 1. The number of amides is 1. The lowest BCUT2D eigenvalue weighted by Crippen LogP contribution is -2.30. The van der Waals surface area contributed by atoms with Crippen molar-refractivity contribution in [1.29, 1.82) is 0 Å². The summed E-state index contributed by atoms with van der Waals surface area (Å²) in [4.78, 5) is 15.3. The molecule has 0 radical (unpaired) electrons. The largest absolute Gasteiger partial charge is 0.340 e. The number of rotatable bonds is 5. The van der Waals surface area contributed by atoms with Crippen LogP contribution >= 0.6 is 15.9 Å². The number of benzene rings is 2. The predicted octanol–water partition coefficient (Wildman–Crippen LogP) is 3.07. The second kappa shape index (κ2) is 7.57. The summed E-state index contributed by atoms with van der Waals surface area (Å²) in [5.41, 5.74) is 3.11. The third-order valence-corrected chi connectivity index (χ3v) is 4.33. The van der Waals surface area contributed by atoms with Gasteiger partial charge in [-0.15, -0.1) is 10.2 Å². The van der Waals surface area contributed by atoms with Gasteiger partial charge in [0.15, 0.2) is 0 Å². The van der Waals surface area contributed by atoms with Crippen molar-refractivity contribution in [3.05, 3.63) is 64.1 Å². The molecule has 1 amide bonds. The van der Waals surface area contributed by atoms with E-state index in [2.05, 4.69) is 31.3 Å². The highest BCUT2D eigenvalue weighted by Gasteiger charge is 2.13. The summed E-state index contributed by atoms with van der Waals surface area (Å²) < 4.78 is 1.01. The zero-order valence-electron chi connectivity index (χ0n) is 14.1. The fourth-order valence-corrected chi connectivity index (χ4v) is 2.59. The molecule has 3 rings (SSSR count). The first-order valence-electron chi connectivity index (χ1n) is 7.84. The van der Waals surface area contributed by atoms with Gasteiger partial charge in [-0.2, -0.15) is 4.80 Å². The number of hydrogen-bond donors (Lipinski definition) is 0. The van der Waals surface area contributed by atoms with Crippen molar-refractivity contribution in [2.75, 3.05) is 7.05 Å².